The third kappa shape index (κ3) is 3.64. The molecule has 0 aliphatic rings. The lowest BCUT2D eigenvalue weighted by molar-refractivity contribution is 0.0636. The number of ether oxygens (including phenoxy) is 1. The summed E-state index contributed by atoms with van der Waals surface area (Å²) < 4.78 is 5.03. The summed E-state index contributed by atoms with van der Waals surface area (Å²) in [5.41, 5.74) is -0.0635. The molecule has 1 amide bonds. The topological polar surface area (TPSA) is 81.2 Å². The van der Waals surface area contributed by atoms with Crippen LogP contribution in [0.15, 0.2) is 12.4 Å². The number of carbonyl (C=O) groups is 2. The van der Waals surface area contributed by atoms with Gasteiger partial charge in [-0.2, -0.15) is 10.2 Å². The maximum atomic E-state index is 11.4. The minimum absolute atomic E-state index is 0.251. The minimum Gasteiger partial charge on any atom is -0.444 e. The first-order valence-corrected chi connectivity index (χ1v) is 4.68. The van der Waals surface area contributed by atoms with Crippen LogP contribution in [-0.2, 0) is 4.74 Å². The van der Waals surface area contributed by atoms with Crippen molar-refractivity contribution in [3.8, 4) is 0 Å². The Hall–Kier alpha value is -1.98. The number of nitrogens with one attached hydrogen (secondary N) is 1. The number of carbonyl (C=O) groups excluding carboxylic acids is 2. The lowest BCUT2D eigenvalue weighted by Crippen LogP contribution is -2.27. The van der Waals surface area contributed by atoms with E-state index < -0.39 is 11.7 Å². The van der Waals surface area contributed by atoms with Gasteiger partial charge in [0.15, 0.2) is 6.29 Å². The monoisotopic (exact) mass is 223 g/mol. The number of nitrogens with zero attached hydrogens (tertiary/aromatic N) is 2. The Bertz CT molecular complexity index is 399. The summed E-state index contributed by atoms with van der Waals surface area (Å²) in [5, 5.41) is 9.51. The summed E-state index contributed by atoms with van der Waals surface area (Å²) in [6.45, 7) is 5.24. The molecule has 6 heteroatoms. The van der Waals surface area contributed by atoms with Gasteiger partial charge in [0.05, 0.1) is 23.6 Å². The molecule has 1 heterocycles. The van der Waals surface area contributed by atoms with E-state index in [1.165, 1.54) is 12.4 Å². The Labute approximate surface area is 93.0 Å². The molecule has 0 spiro atoms. The maximum absolute atomic E-state index is 11.4. The van der Waals surface area contributed by atoms with Crippen molar-refractivity contribution in [3.05, 3.63) is 18.0 Å². The number of anilines is 1. The molecule has 1 N–H and O–H groups in total. The zero-order valence-corrected chi connectivity index (χ0v) is 9.35. The fourth-order valence-corrected chi connectivity index (χ4v) is 0.943. The fraction of sp³-hybridized carbons (Fsp3) is 0.400. The van der Waals surface area contributed by atoms with Gasteiger partial charge in [-0.25, -0.2) is 4.79 Å². The van der Waals surface area contributed by atoms with Crippen molar-refractivity contribution < 1.29 is 14.3 Å². The van der Waals surface area contributed by atoms with Crippen LogP contribution >= 0.6 is 0 Å². The standard InChI is InChI=1S/C10H13N3O3/c1-10(2,3)16-9(15)13-8-5-12-11-4-7(8)6-14/h4-6H,1-3H3,(H,11,13,15). The highest BCUT2D eigenvalue weighted by molar-refractivity contribution is 5.92. The molecular formula is C10H13N3O3. The van der Waals surface area contributed by atoms with Gasteiger partial charge in [0.1, 0.15) is 5.60 Å². The Kier molecular flexibility index (Phi) is 3.55. The molecule has 0 unspecified atom stereocenters. The Balaban J connectivity index is 2.73. The molecule has 0 bridgehead atoms. The summed E-state index contributed by atoms with van der Waals surface area (Å²) in [6.07, 6.45) is 2.50. The first-order chi connectivity index (χ1) is 7.42. The van der Waals surface area contributed by atoms with Crippen LogP contribution in [0.2, 0.25) is 0 Å². The van der Waals surface area contributed by atoms with E-state index in [4.69, 9.17) is 4.74 Å². The van der Waals surface area contributed by atoms with Crippen LogP contribution in [0.4, 0.5) is 10.5 Å². The lowest BCUT2D eigenvalue weighted by atomic mass is 10.2. The molecule has 0 radical (unpaired) electrons. The Morgan fingerprint density at radius 2 is 2.00 bits per heavy atom. The molecule has 16 heavy (non-hydrogen) atoms. The number of hydrogen-bond donors (Lipinski definition) is 1. The van der Waals surface area contributed by atoms with Crippen molar-refractivity contribution in [1.29, 1.82) is 0 Å². The Morgan fingerprint density at radius 1 is 1.38 bits per heavy atom. The van der Waals surface area contributed by atoms with Gasteiger partial charge in [0, 0.05) is 0 Å². The second kappa shape index (κ2) is 4.69. The van der Waals surface area contributed by atoms with E-state index in [-0.39, 0.29) is 11.3 Å². The first-order valence-electron chi connectivity index (χ1n) is 4.68. The van der Waals surface area contributed by atoms with Crippen LogP contribution in [-0.4, -0.2) is 28.2 Å². The van der Waals surface area contributed by atoms with Crippen molar-refractivity contribution in [2.75, 3.05) is 5.32 Å². The molecule has 0 aromatic carbocycles. The van der Waals surface area contributed by atoms with E-state index in [9.17, 15) is 9.59 Å². The van der Waals surface area contributed by atoms with E-state index in [1.807, 2.05) is 0 Å². The average Bonchev–Trinajstić information content (AvgIpc) is 2.15. The Morgan fingerprint density at radius 3 is 2.56 bits per heavy atom. The van der Waals surface area contributed by atoms with Gasteiger partial charge < -0.3 is 4.74 Å². The molecule has 86 valence electrons. The van der Waals surface area contributed by atoms with Crippen molar-refractivity contribution in [1.82, 2.24) is 10.2 Å². The largest absolute Gasteiger partial charge is 0.444 e. The van der Waals surface area contributed by atoms with Crippen LogP contribution < -0.4 is 5.32 Å². The molecule has 0 saturated carbocycles. The van der Waals surface area contributed by atoms with E-state index in [1.54, 1.807) is 20.8 Å². The second-order valence-corrected chi connectivity index (χ2v) is 4.10. The molecule has 0 atom stereocenters. The predicted octanol–water partition coefficient (Wildman–Crippen LogP) is 1.64. The molecule has 1 aromatic heterocycles. The number of rotatable bonds is 2. The van der Waals surface area contributed by atoms with Crippen molar-refractivity contribution >= 4 is 18.1 Å². The second-order valence-electron chi connectivity index (χ2n) is 4.10. The fourth-order valence-electron chi connectivity index (χ4n) is 0.943. The van der Waals surface area contributed by atoms with Crippen LogP contribution in [0, 0.1) is 0 Å². The van der Waals surface area contributed by atoms with Gasteiger partial charge in [-0.1, -0.05) is 0 Å². The molecule has 0 aliphatic heterocycles. The molecular weight excluding hydrogens is 210 g/mol. The smallest absolute Gasteiger partial charge is 0.412 e. The molecule has 0 fully saturated rings. The summed E-state index contributed by atoms with van der Waals surface area (Å²) in [6, 6.07) is 0. The third-order valence-corrected chi connectivity index (χ3v) is 1.52. The number of hydrogen-bond acceptors (Lipinski definition) is 5. The molecule has 6 nitrogen and oxygen atoms in total. The predicted molar refractivity (Wildman–Crippen MR) is 57.3 cm³/mol. The molecule has 0 aliphatic carbocycles. The summed E-state index contributed by atoms with van der Waals surface area (Å²) in [7, 11) is 0. The summed E-state index contributed by atoms with van der Waals surface area (Å²) in [5.74, 6) is 0. The zero-order valence-electron chi connectivity index (χ0n) is 9.35. The number of aldehydes is 1. The van der Waals surface area contributed by atoms with Crippen LogP contribution in [0.25, 0.3) is 0 Å². The highest BCUT2D eigenvalue weighted by Gasteiger charge is 2.17. The summed E-state index contributed by atoms with van der Waals surface area (Å²) >= 11 is 0. The average molecular weight is 223 g/mol. The first kappa shape index (κ1) is 12.1. The normalized spacial score (nSPS) is 10.7. The minimum atomic E-state index is -0.636. The van der Waals surface area contributed by atoms with Crippen LogP contribution in [0.5, 0.6) is 0 Å². The lowest BCUT2D eigenvalue weighted by Gasteiger charge is -2.19. The van der Waals surface area contributed by atoms with Crippen molar-refractivity contribution in [2.24, 2.45) is 0 Å². The SMILES string of the molecule is CC(C)(C)OC(=O)Nc1cnncc1C=O. The highest BCUT2D eigenvalue weighted by atomic mass is 16.6. The van der Waals surface area contributed by atoms with Gasteiger partial charge in [-0.05, 0) is 20.8 Å². The van der Waals surface area contributed by atoms with Gasteiger partial charge in [0.25, 0.3) is 0 Å². The zero-order chi connectivity index (χ0) is 12.2. The van der Waals surface area contributed by atoms with Gasteiger partial charge >= 0.3 is 6.09 Å². The van der Waals surface area contributed by atoms with Crippen LogP contribution in [0.3, 0.4) is 0 Å². The van der Waals surface area contributed by atoms with Gasteiger partial charge in [-0.15, -0.1) is 0 Å². The summed E-state index contributed by atoms with van der Waals surface area (Å²) in [4.78, 5) is 22.0. The third-order valence-electron chi connectivity index (χ3n) is 1.52. The van der Waals surface area contributed by atoms with E-state index in [2.05, 4.69) is 15.5 Å². The maximum Gasteiger partial charge on any atom is 0.412 e. The number of amides is 1. The van der Waals surface area contributed by atoms with Crippen molar-refractivity contribution in [3.63, 3.8) is 0 Å². The van der Waals surface area contributed by atoms with E-state index in [0.717, 1.165) is 0 Å². The molecule has 1 aromatic rings. The van der Waals surface area contributed by atoms with E-state index in [0.29, 0.717) is 6.29 Å². The highest BCUT2D eigenvalue weighted by Crippen LogP contribution is 2.13. The van der Waals surface area contributed by atoms with Crippen LogP contribution in [0.1, 0.15) is 31.1 Å². The number of aromatic nitrogens is 2. The molecule has 1 rings (SSSR count). The van der Waals surface area contributed by atoms with Gasteiger partial charge in [-0.3, -0.25) is 10.1 Å². The molecule has 0 saturated heterocycles. The van der Waals surface area contributed by atoms with E-state index >= 15 is 0 Å². The van der Waals surface area contributed by atoms with Crippen molar-refractivity contribution in [2.45, 2.75) is 26.4 Å². The van der Waals surface area contributed by atoms with Gasteiger partial charge in [0.2, 0.25) is 0 Å². The quantitative estimate of drug-likeness (QED) is 0.771.